The zero-order valence-electron chi connectivity index (χ0n) is 11.9. The van der Waals surface area contributed by atoms with E-state index in [1.807, 2.05) is 0 Å². The van der Waals surface area contributed by atoms with Crippen molar-refractivity contribution in [3.63, 3.8) is 0 Å². The van der Waals surface area contributed by atoms with Gasteiger partial charge in [-0.25, -0.2) is 12.8 Å². The van der Waals surface area contributed by atoms with Crippen molar-refractivity contribution in [2.24, 2.45) is 0 Å². The molecule has 0 amide bonds. The molecule has 1 aromatic carbocycles. The first-order valence-corrected chi connectivity index (χ1v) is 8.94. The Morgan fingerprint density at radius 2 is 1.90 bits per heavy atom. The highest BCUT2D eigenvalue weighted by atomic mass is 32.2. The van der Waals surface area contributed by atoms with E-state index in [4.69, 9.17) is 4.74 Å². The zero-order chi connectivity index (χ0) is 14.9. The van der Waals surface area contributed by atoms with Crippen LogP contribution in [0.5, 0.6) is 0 Å². The molecule has 0 spiro atoms. The number of morpholine rings is 1. The topological polar surface area (TPSA) is 46.6 Å². The van der Waals surface area contributed by atoms with E-state index in [0.29, 0.717) is 18.7 Å². The first-order chi connectivity index (χ1) is 10.1. The van der Waals surface area contributed by atoms with Gasteiger partial charge in [0.1, 0.15) is 5.82 Å². The highest BCUT2D eigenvalue weighted by molar-refractivity contribution is 7.89. The fourth-order valence-electron chi connectivity index (χ4n) is 3.18. The Labute approximate surface area is 125 Å². The van der Waals surface area contributed by atoms with E-state index in [-0.39, 0.29) is 17.6 Å². The van der Waals surface area contributed by atoms with Crippen LogP contribution in [-0.4, -0.2) is 37.7 Å². The summed E-state index contributed by atoms with van der Waals surface area (Å²) in [7, 11) is -3.28. The molecule has 1 aliphatic heterocycles. The Morgan fingerprint density at radius 3 is 2.62 bits per heavy atom. The molecule has 116 valence electrons. The molecule has 21 heavy (non-hydrogen) atoms. The minimum Gasteiger partial charge on any atom is -0.371 e. The average molecular weight is 313 g/mol. The third-order valence-corrected chi connectivity index (χ3v) is 6.73. The van der Waals surface area contributed by atoms with Crippen LogP contribution in [0, 0.1) is 5.82 Å². The Kier molecular flexibility index (Phi) is 4.28. The lowest BCUT2D eigenvalue weighted by Gasteiger charge is -2.34. The van der Waals surface area contributed by atoms with Gasteiger partial charge in [0.2, 0.25) is 10.0 Å². The fourth-order valence-corrected chi connectivity index (χ4v) is 5.20. The molecule has 1 aromatic rings. The van der Waals surface area contributed by atoms with Crippen LogP contribution in [0.15, 0.2) is 24.3 Å². The van der Waals surface area contributed by atoms with E-state index in [1.54, 1.807) is 18.2 Å². The van der Waals surface area contributed by atoms with Crippen molar-refractivity contribution in [1.29, 1.82) is 0 Å². The van der Waals surface area contributed by atoms with Gasteiger partial charge in [0.15, 0.2) is 0 Å². The second-order valence-corrected chi connectivity index (χ2v) is 7.90. The van der Waals surface area contributed by atoms with Crippen LogP contribution in [-0.2, 0) is 14.8 Å². The first-order valence-electron chi connectivity index (χ1n) is 7.44. The number of ether oxygens (including phenoxy) is 1. The van der Waals surface area contributed by atoms with Crippen molar-refractivity contribution in [3.05, 3.63) is 35.6 Å². The summed E-state index contributed by atoms with van der Waals surface area (Å²) in [5.74, 6) is -0.345. The standard InChI is InChI=1S/C15H20FNO3S/c16-14-8-4-3-7-13(14)15-11-17(9-10-20-15)21(18,19)12-5-1-2-6-12/h3-4,7-8,12,15H,1-2,5-6,9-11H2. The molecule has 4 nitrogen and oxygen atoms in total. The lowest BCUT2D eigenvalue weighted by atomic mass is 10.1. The quantitative estimate of drug-likeness (QED) is 0.861. The minimum atomic E-state index is -3.28. The maximum absolute atomic E-state index is 13.9. The monoisotopic (exact) mass is 313 g/mol. The third kappa shape index (κ3) is 2.98. The molecule has 1 unspecified atom stereocenters. The molecule has 2 fully saturated rings. The highest BCUT2D eigenvalue weighted by Crippen LogP contribution is 2.31. The average Bonchev–Trinajstić information content (AvgIpc) is 3.03. The highest BCUT2D eigenvalue weighted by Gasteiger charge is 2.37. The van der Waals surface area contributed by atoms with Crippen LogP contribution >= 0.6 is 0 Å². The maximum Gasteiger partial charge on any atom is 0.217 e. The van der Waals surface area contributed by atoms with E-state index in [2.05, 4.69) is 0 Å². The number of hydrogen-bond donors (Lipinski definition) is 0. The Morgan fingerprint density at radius 1 is 1.19 bits per heavy atom. The van der Waals surface area contributed by atoms with Crippen molar-refractivity contribution < 1.29 is 17.5 Å². The smallest absolute Gasteiger partial charge is 0.217 e. The van der Waals surface area contributed by atoms with Gasteiger partial charge in [0, 0.05) is 18.7 Å². The molecule has 3 rings (SSSR count). The molecule has 1 heterocycles. The van der Waals surface area contributed by atoms with Gasteiger partial charge < -0.3 is 4.74 Å². The SMILES string of the molecule is O=S(=O)(C1CCCC1)N1CCOC(c2ccccc2F)C1. The van der Waals surface area contributed by atoms with Crippen molar-refractivity contribution >= 4 is 10.0 Å². The van der Waals surface area contributed by atoms with E-state index in [9.17, 15) is 12.8 Å². The molecule has 1 saturated carbocycles. The van der Waals surface area contributed by atoms with E-state index < -0.39 is 16.1 Å². The van der Waals surface area contributed by atoms with Crippen LogP contribution in [0.2, 0.25) is 0 Å². The van der Waals surface area contributed by atoms with Gasteiger partial charge in [0.05, 0.1) is 18.0 Å². The number of hydrogen-bond acceptors (Lipinski definition) is 3. The predicted molar refractivity (Wildman–Crippen MR) is 77.8 cm³/mol. The Bertz CT molecular complexity index is 599. The van der Waals surface area contributed by atoms with Gasteiger partial charge in [0.25, 0.3) is 0 Å². The lowest BCUT2D eigenvalue weighted by molar-refractivity contribution is -0.00469. The number of nitrogens with zero attached hydrogens (tertiary/aromatic N) is 1. The maximum atomic E-state index is 13.9. The molecular formula is C15H20FNO3S. The predicted octanol–water partition coefficient (Wildman–Crippen LogP) is 2.47. The van der Waals surface area contributed by atoms with Crippen molar-refractivity contribution in [1.82, 2.24) is 4.31 Å². The number of benzene rings is 1. The van der Waals surface area contributed by atoms with Crippen molar-refractivity contribution in [2.45, 2.75) is 37.0 Å². The van der Waals surface area contributed by atoms with Gasteiger partial charge in [-0.05, 0) is 18.9 Å². The fraction of sp³-hybridized carbons (Fsp3) is 0.600. The summed E-state index contributed by atoms with van der Waals surface area (Å²) in [5.41, 5.74) is 0.434. The summed E-state index contributed by atoms with van der Waals surface area (Å²) in [4.78, 5) is 0. The zero-order valence-corrected chi connectivity index (χ0v) is 12.7. The molecule has 0 aromatic heterocycles. The number of sulfonamides is 1. The molecule has 1 aliphatic carbocycles. The second kappa shape index (κ2) is 6.02. The minimum absolute atomic E-state index is 0.208. The van der Waals surface area contributed by atoms with E-state index in [0.717, 1.165) is 25.7 Å². The molecule has 0 N–H and O–H groups in total. The summed E-state index contributed by atoms with van der Waals surface area (Å²) in [6, 6.07) is 6.40. The Hall–Kier alpha value is -0.980. The summed E-state index contributed by atoms with van der Waals surface area (Å²) < 4.78 is 46.2. The van der Waals surface area contributed by atoms with Crippen LogP contribution in [0.25, 0.3) is 0 Å². The first kappa shape index (κ1) is 14.9. The molecule has 0 radical (unpaired) electrons. The number of rotatable bonds is 3. The van der Waals surface area contributed by atoms with Crippen LogP contribution in [0.1, 0.15) is 37.4 Å². The van der Waals surface area contributed by atoms with Gasteiger partial charge in [-0.3, -0.25) is 0 Å². The molecule has 6 heteroatoms. The molecule has 0 bridgehead atoms. The summed E-state index contributed by atoms with van der Waals surface area (Å²) >= 11 is 0. The number of halogens is 1. The van der Waals surface area contributed by atoms with Gasteiger partial charge in [-0.1, -0.05) is 31.0 Å². The van der Waals surface area contributed by atoms with Gasteiger partial charge in [-0.15, -0.1) is 0 Å². The van der Waals surface area contributed by atoms with Crippen molar-refractivity contribution in [2.75, 3.05) is 19.7 Å². The largest absolute Gasteiger partial charge is 0.371 e. The van der Waals surface area contributed by atoms with E-state index >= 15 is 0 Å². The molecular weight excluding hydrogens is 293 g/mol. The molecule has 2 aliphatic rings. The molecule has 1 saturated heterocycles. The van der Waals surface area contributed by atoms with Crippen molar-refractivity contribution in [3.8, 4) is 0 Å². The summed E-state index contributed by atoms with van der Waals surface area (Å²) in [6.45, 7) is 0.883. The van der Waals surface area contributed by atoms with Crippen LogP contribution in [0.3, 0.4) is 0 Å². The summed E-state index contributed by atoms with van der Waals surface area (Å²) in [6.07, 6.45) is 2.92. The second-order valence-electron chi connectivity index (χ2n) is 5.69. The molecule has 1 atom stereocenters. The normalized spacial score (nSPS) is 25.3. The lowest BCUT2D eigenvalue weighted by Crippen LogP contribution is -2.45. The summed E-state index contributed by atoms with van der Waals surface area (Å²) in [5, 5.41) is -0.267. The Balaban J connectivity index is 1.78. The van der Waals surface area contributed by atoms with E-state index in [1.165, 1.54) is 10.4 Å². The van der Waals surface area contributed by atoms with Gasteiger partial charge >= 0.3 is 0 Å². The third-order valence-electron chi connectivity index (χ3n) is 4.36. The van der Waals surface area contributed by atoms with Crippen LogP contribution < -0.4 is 0 Å². The van der Waals surface area contributed by atoms with Crippen LogP contribution in [0.4, 0.5) is 4.39 Å². The van der Waals surface area contributed by atoms with Gasteiger partial charge in [-0.2, -0.15) is 4.31 Å².